The van der Waals surface area contributed by atoms with Crippen molar-refractivity contribution in [2.75, 3.05) is 19.6 Å². The molecule has 18 heavy (non-hydrogen) atoms. The standard InChI is InChI=1S/C13H24N2O3/c1-9(2)4-5-14-12-6-11(13(17)18)7-15(8-12)10(3)16/h9,11-12,14H,4-8H2,1-3H3,(H,17,18). The zero-order chi connectivity index (χ0) is 13.7. The topological polar surface area (TPSA) is 69.6 Å². The lowest BCUT2D eigenvalue weighted by Crippen LogP contribution is -2.52. The van der Waals surface area contributed by atoms with Gasteiger partial charge in [-0.05, 0) is 25.3 Å². The van der Waals surface area contributed by atoms with Crippen molar-refractivity contribution < 1.29 is 14.7 Å². The van der Waals surface area contributed by atoms with E-state index in [1.165, 1.54) is 6.92 Å². The molecule has 0 aromatic carbocycles. The first kappa shape index (κ1) is 15.0. The summed E-state index contributed by atoms with van der Waals surface area (Å²) in [6, 6.07) is 0.0995. The molecule has 1 heterocycles. The van der Waals surface area contributed by atoms with Gasteiger partial charge >= 0.3 is 5.97 Å². The molecule has 1 aliphatic rings. The van der Waals surface area contributed by atoms with E-state index in [9.17, 15) is 9.59 Å². The van der Waals surface area contributed by atoms with Crippen molar-refractivity contribution in [2.24, 2.45) is 11.8 Å². The van der Waals surface area contributed by atoms with Gasteiger partial charge in [0.25, 0.3) is 0 Å². The first-order chi connectivity index (χ1) is 8.40. The lowest BCUT2D eigenvalue weighted by atomic mass is 9.94. The molecule has 2 N–H and O–H groups in total. The minimum Gasteiger partial charge on any atom is -0.481 e. The Balaban J connectivity index is 2.50. The van der Waals surface area contributed by atoms with Crippen molar-refractivity contribution in [3.63, 3.8) is 0 Å². The molecule has 2 atom stereocenters. The molecule has 0 aromatic rings. The van der Waals surface area contributed by atoms with E-state index in [1.54, 1.807) is 4.90 Å². The van der Waals surface area contributed by atoms with Crippen LogP contribution in [0.4, 0.5) is 0 Å². The number of aliphatic carboxylic acids is 1. The highest BCUT2D eigenvalue weighted by molar-refractivity contribution is 5.76. The largest absolute Gasteiger partial charge is 0.481 e. The van der Waals surface area contributed by atoms with Crippen LogP contribution in [-0.2, 0) is 9.59 Å². The summed E-state index contributed by atoms with van der Waals surface area (Å²) in [7, 11) is 0. The number of carbonyl (C=O) groups excluding carboxylic acids is 1. The third kappa shape index (κ3) is 4.64. The fraction of sp³-hybridized carbons (Fsp3) is 0.846. The molecule has 1 fully saturated rings. The van der Waals surface area contributed by atoms with Crippen LogP contribution in [0.15, 0.2) is 0 Å². The van der Waals surface area contributed by atoms with Crippen molar-refractivity contribution in [3.8, 4) is 0 Å². The molecule has 2 unspecified atom stereocenters. The maximum absolute atomic E-state index is 11.4. The van der Waals surface area contributed by atoms with Crippen LogP contribution in [0.3, 0.4) is 0 Å². The third-order valence-electron chi connectivity index (χ3n) is 3.40. The van der Waals surface area contributed by atoms with E-state index in [1.807, 2.05) is 0 Å². The summed E-state index contributed by atoms with van der Waals surface area (Å²) in [6.45, 7) is 7.65. The lowest BCUT2D eigenvalue weighted by molar-refractivity contribution is -0.145. The van der Waals surface area contributed by atoms with Crippen LogP contribution in [0.5, 0.6) is 0 Å². The lowest BCUT2D eigenvalue weighted by Gasteiger charge is -2.36. The monoisotopic (exact) mass is 256 g/mol. The summed E-state index contributed by atoms with van der Waals surface area (Å²) < 4.78 is 0. The maximum atomic E-state index is 11.4. The molecule has 0 saturated carbocycles. The quantitative estimate of drug-likeness (QED) is 0.768. The molecule has 0 aliphatic carbocycles. The minimum absolute atomic E-state index is 0.0448. The van der Waals surface area contributed by atoms with Gasteiger partial charge < -0.3 is 15.3 Å². The van der Waals surface area contributed by atoms with Crippen LogP contribution in [-0.4, -0.2) is 47.6 Å². The Hall–Kier alpha value is -1.10. The molecule has 0 spiro atoms. The van der Waals surface area contributed by atoms with Crippen molar-refractivity contribution in [1.82, 2.24) is 10.2 Å². The molecule has 1 rings (SSSR count). The number of piperidine rings is 1. The molecule has 0 aromatic heterocycles. The molecule has 5 heteroatoms. The van der Waals surface area contributed by atoms with Gasteiger partial charge in [0.1, 0.15) is 0 Å². The second kappa shape index (κ2) is 6.73. The van der Waals surface area contributed by atoms with Gasteiger partial charge in [-0.3, -0.25) is 9.59 Å². The molecule has 0 bridgehead atoms. The summed E-state index contributed by atoms with van der Waals surface area (Å²) in [5, 5.41) is 12.5. The first-order valence-corrected chi connectivity index (χ1v) is 6.61. The average Bonchev–Trinajstić information content (AvgIpc) is 2.28. The van der Waals surface area contributed by atoms with E-state index in [0.717, 1.165) is 13.0 Å². The normalized spacial score (nSPS) is 24.3. The number of carboxylic acid groups (broad SMARTS) is 1. The number of carboxylic acids is 1. The van der Waals surface area contributed by atoms with Crippen LogP contribution in [0, 0.1) is 11.8 Å². The van der Waals surface area contributed by atoms with E-state index in [4.69, 9.17) is 5.11 Å². The Bertz CT molecular complexity index is 283. The van der Waals surface area contributed by atoms with Crippen molar-refractivity contribution in [2.45, 2.75) is 39.7 Å². The van der Waals surface area contributed by atoms with Gasteiger partial charge in [-0.25, -0.2) is 0 Å². The Morgan fingerprint density at radius 2 is 2.06 bits per heavy atom. The first-order valence-electron chi connectivity index (χ1n) is 6.61. The summed E-state index contributed by atoms with van der Waals surface area (Å²) >= 11 is 0. The Labute approximate surface area is 109 Å². The maximum Gasteiger partial charge on any atom is 0.308 e. The van der Waals surface area contributed by atoms with Crippen molar-refractivity contribution in [3.05, 3.63) is 0 Å². The van der Waals surface area contributed by atoms with Gasteiger partial charge in [0.2, 0.25) is 5.91 Å². The number of rotatable bonds is 5. The highest BCUT2D eigenvalue weighted by Crippen LogP contribution is 2.17. The predicted octanol–water partition coefficient (Wildman–Crippen LogP) is 0.944. The second-order valence-corrected chi connectivity index (χ2v) is 5.53. The van der Waals surface area contributed by atoms with Gasteiger partial charge in [0.15, 0.2) is 0 Å². The van der Waals surface area contributed by atoms with E-state index >= 15 is 0 Å². The summed E-state index contributed by atoms with van der Waals surface area (Å²) in [6.07, 6.45) is 1.67. The van der Waals surface area contributed by atoms with Crippen LogP contribution >= 0.6 is 0 Å². The second-order valence-electron chi connectivity index (χ2n) is 5.53. The zero-order valence-electron chi connectivity index (χ0n) is 11.5. The SMILES string of the molecule is CC(=O)N1CC(NCCC(C)C)CC(C(=O)O)C1. The number of hydrogen-bond donors (Lipinski definition) is 2. The fourth-order valence-electron chi connectivity index (χ4n) is 2.26. The predicted molar refractivity (Wildman–Crippen MR) is 69.2 cm³/mol. The molecular formula is C13H24N2O3. The van der Waals surface area contributed by atoms with Gasteiger partial charge in [-0.2, -0.15) is 0 Å². The number of amides is 1. The minimum atomic E-state index is -0.809. The number of nitrogens with one attached hydrogen (secondary N) is 1. The molecule has 0 radical (unpaired) electrons. The summed E-state index contributed by atoms with van der Waals surface area (Å²) in [5.41, 5.74) is 0. The fourth-order valence-corrected chi connectivity index (χ4v) is 2.26. The van der Waals surface area contributed by atoms with Crippen LogP contribution in [0.25, 0.3) is 0 Å². The smallest absolute Gasteiger partial charge is 0.308 e. The Morgan fingerprint density at radius 3 is 2.56 bits per heavy atom. The van der Waals surface area contributed by atoms with Gasteiger partial charge in [0, 0.05) is 26.1 Å². The van der Waals surface area contributed by atoms with Gasteiger partial charge in [0.05, 0.1) is 5.92 Å². The van der Waals surface area contributed by atoms with E-state index in [2.05, 4.69) is 19.2 Å². The summed E-state index contributed by atoms with van der Waals surface area (Å²) in [5.74, 6) is -0.673. The van der Waals surface area contributed by atoms with E-state index < -0.39 is 11.9 Å². The van der Waals surface area contributed by atoms with Crippen LogP contribution < -0.4 is 5.32 Å². The van der Waals surface area contributed by atoms with Crippen LogP contribution in [0.2, 0.25) is 0 Å². The number of hydrogen-bond acceptors (Lipinski definition) is 3. The Morgan fingerprint density at radius 1 is 1.39 bits per heavy atom. The average molecular weight is 256 g/mol. The molecular weight excluding hydrogens is 232 g/mol. The van der Waals surface area contributed by atoms with Gasteiger partial charge in [-0.15, -0.1) is 0 Å². The van der Waals surface area contributed by atoms with E-state index in [0.29, 0.717) is 25.4 Å². The Kier molecular flexibility index (Phi) is 5.59. The van der Waals surface area contributed by atoms with E-state index in [-0.39, 0.29) is 11.9 Å². The van der Waals surface area contributed by atoms with Crippen molar-refractivity contribution >= 4 is 11.9 Å². The number of carbonyl (C=O) groups is 2. The zero-order valence-corrected chi connectivity index (χ0v) is 11.5. The molecule has 1 amide bonds. The third-order valence-corrected chi connectivity index (χ3v) is 3.40. The number of likely N-dealkylation sites (tertiary alicyclic amines) is 1. The van der Waals surface area contributed by atoms with Gasteiger partial charge in [-0.1, -0.05) is 13.8 Å². The van der Waals surface area contributed by atoms with Crippen molar-refractivity contribution in [1.29, 1.82) is 0 Å². The molecule has 5 nitrogen and oxygen atoms in total. The molecule has 104 valence electrons. The summed E-state index contributed by atoms with van der Waals surface area (Å²) in [4.78, 5) is 24.1. The highest BCUT2D eigenvalue weighted by atomic mass is 16.4. The van der Waals surface area contributed by atoms with Crippen LogP contribution in [0.1, 0.15) is 33.6 Å². The highest BCUT2D eigenvalue weighted by Gasteiger charge is 2.32. The number of nitrogens with zero attached hydrogens (tertiary/aromatic N) is 1. The molecule has 1 aliphatic heterocycles. The molecule has 1 saturated heterocycles.